The van der Waals surface area contributed by atoms with Crippen LogP contribution in [0.5, 0.6) is 0 Å². The normalized spacial score (nSPS) is 22.0. The van der Waals surface area contributed by atoms with Crippen LogP contribution in [0.1, 0.15) is 24.4 Å². The summed E-state index contributed by atoms with van der Waals surface area (Å²) in [6.45, 7) is 2.60. The SMILES string of the molecule is CN(CC1CCOCC1)c1cc2c(cc1Cl)C(N)C(=O)N2. The number of carbonyl (C=O) groups is 1. The number of fused-ring (bicyclic) bond motifs is 1. The molecule has 1 aromatic carbocycles. The first-order valence-corrected chi connectivity index (χ1v) is 7.63. The molecule has 0 radical (unpaired) electrons. The summed E-state index contributed by atoms with van der Waals surface area (Å²) in [7, 11) is 2.03. The molecular formula is C15H20ClN3O2. The lowest BCUT2D eigenvalue weighted by Crippen LogP contribution is -2.29. The van der Waals surface area contributed by atoms with Crippen molar-refractivity contribution >= 4 is 28.9 Å². The molecule has 1 atom stereocenters. The van der Waals surface area contributed by atoms with Crippen molar-refractivity contribution < 1.29 is 9.53 Å². The fourth-order valence-electron chi connectivity index (χ4n) is 3.00. The van der Waals surface area contributed by atoms with Crippen molar-refractivity contribution in [1.82, 2.24) is 0 Å². The second-order valence-corrected chi connectivity index (χ2v) is 6.20. The minimum absolute atomic E-state index is 0.176. The van der Waals surface area contributed by atoms with Crippen molar-refractivity contribution in [1.29, 1.82) is 0 Å². The Morgan fingerprint density at radius 2 is 2.14 bits per heavy atom. The van der Waals surface area contributed by atoms with E-state index in [9.17, 15) is 4.79 Å². The maximum Gasteiger partial charge on any atom is 0.245 e. The van der Waals surface area contributed by atoms with Gasteiger partial charge in [-0.15, -0.1) is 0 Å². The molecule has 3 N–H and O–H groups in total. The van der Waals surface area contributed by atoms with Gasteiger partial charge < -0.3 is 20.7 Å². The minimum atomic E-state index is -0.618. The summed E-state index contributed by atoms with van der Waals surface area (Å²) in [4.78, 5) is 13.8. The van der Waals surface area contributed by atoms with Crippen LogP contribution >= 0.6 is 11.6 Å². The summed E-state index contributed by atoms with van der Waals surface area (Å²) in [6.07, 6.45) is 2.16. The van der Waals surface area contributed by atoms with Crippen LogP contribution in [0.2, 0.25) is 5.02 Å². The third kappa shape index (κ3) is 2.86. The van der Waals surface area contributed by atoms with E-state index in [0.717, 1.165) is 49.5 Å². The summed E-state index contributed by atoms with van der Waals surface area (Å²) in [5.74, 6) is 0.440. The molecule has 1 unspecified atom stereocenters. The third-order valence-corrected chi connectivity index (χ3v) is 4.58. The van der Waals surface area contributed by atoms with Gasteiger partial charge in [0.05, 0.1) is 10.7 Å². The first-order chi connectivity index (χ1) is 10.1. The standard InChI is InChI=1S/C15H20ClN3O2/c1-19(8-9-2-4-21-5-3-9)13-7-12-10(6-11(13)16)14(17)15(20)18-12/h6-7,9,14H,2-5,8,17H2,1H3,(H,18,20). The summed E-state index contributed by atoms with van der Waals surface area (Å²) in [6, 6.07) is 3.10. The molecule has 0 aromatic heterocycles. The molecule has 1 saturated heterocycles. The Hall–Kier alpha value is -1.30. The molecule has 2 heterocycles. The smallest absolute Gasteiger partial charge is 0.245 e. The Balaban J connectivity index is 1.79. The van der Waals surface area contributed by atoms with Crippen LogP contribution in [-0.4, -0.2) is 32.7 Å². The van der Waals surface area contributed by atoms with E-state index in [1.54, 1.807) is 6.07 Å². The van der Waals surface area contributed by atoms with E-state index in [2.05, 4.69) is 10.2 Å². The molecule has 0 saturated carbocycles. The molecule has 5 nitrogen and oxygen atoms in total. The Bertz CT molecular complexity index is 558. The molecule has 0 aliphatic carbocycles. The second kappa shape index (κ2) is 5.83. The number of carbonyl (C=O) groups excluding carboxylic acids is 1. The number of rotatable bonds is 3. The van der Waals surface area contributed by atoms with Crippen LogP contribution in [0.3, 0.4) is 0 Å². The molecule has 2 aliphatic rings. The van der Waals surface area contributed by atoms with Gasteiger partial charge in [-0.3, -0.25) is 4.79 Å². The maximum atomic E-state index is 11.6. The quantitative estimate of drug-likeness (QED) is 0.898. The zero-order chi connectivity index (χ0) is 15.0. The molecule has 1 fully saturated rings. The van der Waals surface area contributed by atoms with E-state index in [1.165, 1.54) is 0 Å². The van der Waals surface area contributed by atoms with Crippen LogP contribution in [0.15, 0.2) is 12.1 Å². The predicted octanol–water partition coefficient (Wildman–Crippen LogP) is 2.15. The summed E-state index contributed by atoms with van der Waals surface area (Å²) >= 11 is 6.37. The summed E-state index contributed by atoms with van der Waals surface area (Å²) in [5.41, 5.74) is 8.30. The minimum Gasteiger partial charge on any atom is -0.381 e. The Morgan fingerprint density at radius 3 is 2.86 bits per heavy atom. The van der Waals surface area contributed by atoms with E-state index in [4.69, 9.17) is 22.1 Å². The number of hydrogen-bond donors (Lipinski definition) is 2. The zero-order valence-electron chi connectivity index (χ0n) is 12.1. The van der Waals surface area contributed by atoms with Gasteiger partial charge in [0.2, 0.25) is 5.91 Å². The number of benzene rings is 1. The van der Waals surface area contributed by atoms with Crippen LogP contribution in [0.25, 0.3) is 0 Å². The average molecular weight is 310 g/mol. The fourth-order valence-corrected chi connectivity index (χ4v) is 3.32. The van der Waals surface area contributed by atoms with Crippen molar-refractivity contribution in [2.75, 3.05) is 37.0 Å². The van der Waals surface area contributed by atoms with Gasteiger partial charge in [-0.1, -0.05) is 11.6 Å². The number of hydrogen-bond acceptors (Lipinski definition) is 4. The molecule has 21 heavy (non-hydrogen) atoms. The van der Waals surface area contributed by atoms with Crippen LogP contribution < -0.4 is 16.0 Å². The highest BCUT2D eigenvalue weighted by molar-refractivity contribution is 6.33. The first kappa shape index (κ1) is 14.6. The topological polar surface area (TPSA) is 67.6 Å². The van der Waals surface area contributed by atoms with Crippen LogP contribution in [-0.2, 0) is 9.53 Å². The molecule has 0 spiro atoms. The Morgan fingerprint density at radius 1 is 1.43 bits per heavy atom. The average Bonchev–Trinajstić information content (AvgIpc) is 2.74. The second-order valence-electron chi connectivity index (χ2n) is 5.79. The number of nitrogens with two attached hydrogens (primary N) is 1. The molecule has 6 heteroatoms. The van der Waals surface area contributed by atoms with Crippen molar-refractivity contribution in [3.63, 3.8) is 0 Å². The number of halogens is 1. The largest absolute Gasteiger partial charge is 0.381 e. The highest BCUT2D eigenvalue weighted by atomic mass is 35.5. The van der Waals surface area contributed by atoms with Gasteiger partial charge in [0.25, 0.3) is 0 Å². The third-order valence-electron chi connectivity index (χ3n) is 4.28. The lowest BCUT2D eigenvalue weighted by atomic mass is 9.99. The highest BCUT2D eigenvalue weighted by Gasteiger charge is 2.29. The molecule has 1 amide bonds. The number of amides is 1. The fraction of sp³-hybridized carbons (Fsp3) is 0.533. The van der Waals surface area contributed by atoms with Gasteiger partial charge in [-0.25, -0.2) is 0 Å². The van der Waals surface area contributed by atoms with E-state index < -0.39 is 6.04 Å². The number of nitrogens with one attached hydrogen (secondary N) is 1. The van der Waals surface area contributed by atoms with Gasteiger partial charge in [0.1, 0.15) is 6.04 Å². The monoisotopic (exact) mass is 309 g/mol. The van der Waals surface area contributed by atoms with E-state index in [-0.39, 0.29) is 5.91 Å². The Labute approximate surface area is 129 Å². The molecule has 0 bridgehead atoms. The van der Waals surface area contributed by atoms with Crippen molar-refractivity contribution in [3.8, 4) is 0 Å². The maximum absolute atomic E-state index is 11.6. The molecule has 114 valence electrons. The lowest BCUT2D eigenvalue weighted by Gasteiger charge is -2.29. The molecular weight excluding hydrogens is 290 g/mol. The van der Waals surface area contributed by atoms with Gasteiger partial charge in [-0.05, 0) is 30.9 Å². The summed E-state index contributed by atoms with van der Waals surface area (Å²) < 4.78 is 5.39. The number of anilines is 2. The van der Waals surface area contributed by atoms with Gasteiger partial charge >= 0.3 is 0 Å². The van der Waals surface area contributed by atoms with Crippen molar-refractivity contribution in [3.05, 3.63) is 22.7 Å². The molecule has 3 rings (SSSR count). The van der Waals surface area contributed by atoms with Gasteiger partial charge in [0.15, 0.2) is 0 Å². The predicted molar refractivity (Wildman–Crippen MR) is 83.8 cm³/mol. The number of ether oxygens (including phenoxy) is 1. The van der Waals surface area contributed by atoms with E-state index >= 15 is 0 Å². The highest BCUT2D eigenvalue weighted by Crippen LogP contribution is 2.38. The Kier molecular flexibility index (Phi) is 4.06. The van der Waals surface area contributed by atoms with E-state index in [1.807, 2.05) is 13.1 Å². The van der Waals surface area contributed by atoms with Crippen molar-refractivity contribution in [2.45, 2.75) is 18.9 Å². The van der Waals surface area contributed by atoms with Gasteiger partial charge in [0, 0.05) is 38.1 Å². The first-order valence-electron chi connectivity index (χ1n) is 7.25. The summed E-state index contributed by atoms with van der Waals surface area (Å²) in [5, 5.41) is 3.44. The lowest BCUT2D eigenvalue weighted by molar-refractivity contribution is -0.116. The number of nitrogens with zero attached hydrogens (tertiary/aromatic N) is 1. The van der Waals surface area contributed by atoms with Gasteiger partial charge in [-0.2, -0.15) is 0 Å². The van der Waals surface area contributed by atoms with E-state index in [0.29, 0.717) is 10.9 Å². The zero-order valence-corrected chi connectivity index (χ0v) is 12.8. The molecule has 1 aromatic rings. The molecule has 2 aliphatic heterocycles. The van der Waals surface area contributed by atoms with Crippen molar-refractivity contribution in [2.24, 2.45) is 11.7 Å². The van der Waals surface area contributed by atoms with Crippen LogP contribution in [0, 0.1) is 5.92 Å². The van der Waals surface area contributed by atoms with Crippen LogP contribution in [0.4, 0.5) is 11.4 Å².